The molecule has 1 heterocycles. The molecule has 0 aliphatic carbocycles. The first-order chi connectivity index (χ1) is 8.02. The lowest BCUT2D eigenvalue weighted by Crippen LogP contribution is -2.50. The largest absolute Gasteiger partial charge is 0.481 e. The number of carbonyl (C=O) groups is 2. The molecule has 1 rings (SSSR count). The summed E-state index contributed by atoms with van der Waals surface area (Å²) in [7, 11) is 0. The summed E-state index contributed by atoms with van der Waals surface area (Å²) in [6.45, 7) is 5.47. The van der Waals surface area contributed by atoms with Crippen LogP contribution in [0.5, 0.6) is 0 Å². The second-order valence-electron chi connectivity index (χ2n) is 4.78. The third kappa shape index (κ3) is 4.24. The van der Waals surface area contributed by atoms with Gasteiger partial charge in [0, 0.05) is 25.6 Å². The van der Waals surface area contributed by atoms with Crippen molar-refractivity contribution in [3.8, 4) is 0 Å². The Morgan fingerprint density at radius 1 is 1.41 bits per heavy atom. The number of amides is 2. The van der Waals surface area contributed by atoms with Crippen LogP contribution in [0.4, 0.5) is 4.79 Å². The molecule has 17 heavy (non-hydrogen) atoms. The van der Waals surface area contributed by atoms with Crippen LogP contribution < -0.4 is 5.32 Å². The number of carboxylic acids is 1. The lowest BCUT2D eigenvalue weighted by Gasteiger charge is -2.37. The molecule has 5 heteroatoms. The van der Waals surface area contributed by atoms with Crippen LogP contribution in [-0.2, 0) is 4.79 Å². The van der Waals surface area contributed by atoms with Gasteiger partial charge in [-0.1, -0.05) is 6.92 Å². The molecule has 0 aromatic carbocycles. The summed E-state index contributed by atoms with van der Waals surface area (Å²) in [5.41, 5.74) is 0. The predicted molar refractivity (Wildman–Crippen MR) is 64.8 cm³/mol. The average Bonchev–Trinajstić information content (AvgIpc) is 2.27. The van der Waals surface area contributed by atoms with Crippen LogP contribution in [0.2, 0.25) is 0 Å². The number of carbonyl (C=O) groups excluding carboxylic acids is 1. The lowest BCUT2D eigenvalue weighted by molar-refractivity contribution is -0.137. The lowest BCUT2D eigenvalue weighted by atomic mass is 9.92. The van der Waals surface area contributed by atoms with Crippen molar-refractivity contribution in [1.82, 2.24) is 10.2 Å². The van der Waals surface area contributed by atoms with E-state index in [1.54, 1.807) is 0 Å². The van der Waals surface area contributed by atoms with Crippen LogP contribution in [0.3, 0.4) is 0 Å². The molecule has 0 spiro atoms. The number of nitrogens with one attached hydrogen (secondary N) is 1. The zero-order chi connectivity index (χ0) is 12.8. The van der Waals surface area contributed by atoms with E-state index >= 15 is 0 Å². The number of carboxylic acid groups (broad SMARTS) is 1. The highest BCUT2D eigenvalue weighted by Crippen LogP contribution is 2.22. The Kier molecular flexibility index (Phi) is 5.25. The molecule has 0 aromatic heterocycles. The molecule has 0 radical (unpaired) electrons. The SMILES string of the molecule is CC1CCCN(C(=O)NCCCC(=O)O)C1C. The fraction of sp³-hybridized carbons (Fsp3) is 0.833. The van der Waals surface area contributed by atoms with Crippen molar-refractivity contribution in [2.75, 3.05) is 13.1 Å². The maximum Gasteiger partial charge on any atom is 0.317 e. The van der Waals surface area contributed by atoms with Gasteiger partial charge in [-0.2, -0.15) is 0 Å². The van der Waals surface area contributed by atoms with Gasteiger partial charge in [-0.3, -0.25) is 4.79 Å². The standard InChI is InChI=1S/C12H22N2O3/c1-9-5-4-8-14(10(9)2)12(17)13-7-3-6-11(15)16/h9-10H,3-8H2,1-2H3,(H,13,17)(H,15,16). The Morgan fingerprint density at radius 3 is 2.76 bits per heavy atom. The second kappa shape index (κ2) is 6.47. The van der Waals surface area contributed by atoms with Crippen LogP contribution in [0.15, 0.2) is 0 Å². The molecule has 2 N–H and O–H groups in total. The number of rotatable bonds is 4. The quantitative estimate of drug-likeness (QED) is 0.737. The van der Waals surface area contributed by atoms with Gasteiger partial charge in [0.25, 0.3) is 0 Å². The monoisotopic (exact) mass is 242 g/mol. The maximum absolute atomic E-state index is 11.9. The fourth-order valence-corrected chi connectivity index (χ4v) is 2.16. The van der Waals surface area contributed by atoms with E-state index in [0.717, 1.165) is 13.0 Å². The Labute approximate surface area is 102 Å². The summed E-state index contributed by atoms with van der Waals surface area (Å²) in [6.07, 6.45) is 2.81. The molecular weight excluding hydrogens is 220 g/mol. The van der Waals surface area contributed by atoms with Crippen molar-refractivity contribution in [2.24, 2.45) is 5.92 Å². The zero-order valence-electron chi connectivity index (χ0n) is 10.6. The van der Waals surface area contributed by atoms with Gasteiger partial charge >= 0.3 is 12.0 Å². The van der Waals surface area contributed by atoms with Crippen LogP contribution in [-0.4, -0.2) is 41.1 Å². The Morgan fingerprint density at radius 2 is 2.12 bits per heavy atom. The number of urea groups is 1. The molecule has 0 aromatic rings. The van der Waals surface area contributed by atoms with Crippen LogP contribution in [0.25, 0.3) is 0 Å². The number of nitrogens with zero attached hydrogens (tertiary/aromatic N) is 1. The number of likely N-dealkylation sites (tertiary alicyclic amines) is 1. The first kappa shape index (κ1) is 13.8. The van der Waals surface area contributed by atoms with Crippen LogP contribution >= 0.6 is 0 Å². The molecule has 1 fully saturated rings. The van der Waals surface area contributed by atoms with Crippen LogP contribution in [0.1, 0.15) is 39.5 Å². The smallest absolute Gasteiger partial charge is 0.317 e. The van der Waals surface area contributed by atoms with E-state index in [1.807, 2.05) is 4.90 Å². The van der Waals surface area contributed by atoms with E-state index in [0.29, 0.717) is 18.9 Å². The summed E-state index contributed by atoms with van der Waals surface area (Å²) >= 11 is 0. The number of piperidine rings is 1. The summed E-state index contributed by atoms with van der Waals surface area (Å²) < 4.78 is 0. The minimum Gasteiger partial charge on any atom is -0.481 e. The van der Waals surface area contributed by atoms with Gasteiger partial charge in [0.05, 0.1) is 0 Å². The van der Waals surface area contributed by atoms with Gasteiger partial charge < -0.3 is 15.3 Å². The third-order valence-corrected chi connectivity index (χ3v) is 3.48. The molecule has 1 saturated heterocycles. The predicted octanol–water partition coefficient (Wildman–Crippen LogP) is 1.68. The molecule has 2 amide bonds. The fourth-order valence-electron chi connectivity index (χ4n) is 2.16. The van der Waals surface area contributed by atoms with E-state index in [1.165, 1.54) is 6.42 Å². The maximum atomic E-state index is 11.9. The van der Waals surface area contributed by atoms with Crippen molar-refractivity contribution < 1.29 is 14.7 Å². The molecule has 0 bridgehead atoms. The molecule has 2 unspecified atom stereocenters. The van der Waals surface area contributed by atoms with Crippen LogP contribution in [0, 0.1) is 5.92 Å². The van der Waals surface area contributed by atoms with E-state index in [2.05, 4.69) is 19.2 Å². The number of hydrogen-bond acceptors (Lipinski definition) is 2. The average molecular weight is 242 g/mol. The highest BCUT2D eigenvalue weighted by atomic mass is 16.4. The Hall–Kier alpha value is -1.26. The van der Waals surface area contributed by atoms with E-state index in [-0.39, 0.29) is 18.5 Å². The number of aliphatic carboxylic acids is 1. The molecule has 1 aliphatic heterocycles. The van der Waals surface area contributed by atoms with Gasteiger partial charge in [0.2, 0.25) is 0 Å². The van der Waals surface area contributed by atoms with Crippen molar-refractivity contribution in [2.45, 2.75) is 45.6 Å². The minimum absolute atomic E-state index is 0.0607. The highest BCUT2D eigenvalue weighted by Gasteiger charge is 2.27. The molecule has 2 atom stereocenters. The first-order valence-electron chi connectivity index (χ1n) is 6.28. The summed E-state index contributed by atoms with van der Waals surface area (Å²) in [6, 6.07) is 0.206. The minimum atomic E-state index is -0.820. The molecule has 0 saturated carbocycles. The molecule has 98 valence electrons. The van der Waals surface area contributed by atoms with Gasteiger partial charge in [-0.05, 0) is 32.1 Å². The highest BCUT2D eigenvalue weighted by molar-refractivity contribution is 5.74. The van der Waals surface area contributed by atoms with Gasteiger partial charge in [-0.25, -0.2) is 4.79 Å². The number of hydrogen-bond donors (Lipinski definition) is 2. The van der Waals surface area contributed by atoms with E-state index < -0.39 is 5.97 Å². The normalized spacial score (nSPS) is 24.5. The third-order valence-electron chi connectivity index (χ3n) is 3.48. The second-order valence-corrected chi connectivity index (χ2v) is 4.78. The van der Waals surface area contributed by atoms with Crippen molar-refractivity contribution in [3.05, 3.63) is 0 Å². The zero-order valence-corrected chi connectivity index (χ0v) is 10.6. The van der Waals surface area contributed by atoms with E-state index in [4.69, 9.17) is 5.11 Å². The summed E-state index contributed by atoms with van der Waals surface area (Å²) in [5, 5.41) is 11.3. The van der Waals surface area contributed by atoms with Crippen molar-refractivity contribution in [3.63, 3.8) is 0 Å². The molecule has 1 aliphatic rings. The van der Waals surface area contributed by atoms with E-state index in [9.17, 15) is 9.59 Å². The van der Waals surface area contributed by atoms with Crippen molar-refractivity contribution in [1.29, 1.82) is 0 Å². The topological polar surface area (TPSA) is 69.6 Å². The first-order valence-corrected chi connectivity index (χ1v) is 6.28. The summed E-state index contributed by atoms with van der Waals surface area (Å²) in [5.74, 6) is -0.285. The van der Waals surface area contributed by atoms with Gasteiger partial charge in [0.15, 0.2) is 0 Å². The summed E-state index contributed by atoms with van der Waals surface area (Å²) in [4.78, 5) is 24.0. The molecule has 5 nitrogen and oxygen atoms in total. The van der Waals surface area contributed by atoms with Crippen molar-refractivity contribution >= 4 is 12.0 Å². The van der Waals surface area contributed by atoms with Gasteiger partial charge in [0.1, 0.15) is 0 Å². The molecular formula is C12H22N2O3. The Bertz CT molecular complexity index is 281. The Balaban J connectivity index is 2.29. The van der Waals surface area contributed by atoms with Gasteiger partial charge in [-0.15, -0.1) is 0 Å².